The SMILES string of the molecule is CCCC/C=C\C/C=C\CCCCCCCC(=O)OCC(COC(=O)CCCCCCCCCCCCCCCCCCCCCCCCCCCCCCCCCCCCC)OC(=O)CCCCCCC/C=C\CCCCCCCCC. The maximum atomic E-state index is 12.9. The summed E-state index contributed by atoms with van der Waals surface area (Å²) >= 11 is 0. The van der Waals surface area contributed by atoms with E-state index in [4.69, 9.17) is 14.2 Å². The first kappa shape index (κ1) is 80.6. The van der Waals surface area contributed by atoms with Gasteiger partial charge in [0.05, 0.1) is 0 Å². The maximum absolute atomic E-state index is 12.9. The molecule has 0 aromatic carbocycles. The van der Waals surface area contributed by atoms with Crippen LogP contribution in [-0.2, 0) is 28.6 Å². The van der Waals surface area contributed by atoms with Crippen molar-refractivity contribution in [1.29, 1.82) is 0 Å². The first-order valence-corrected chi connectivity index (χ1v) is 37.5. The second-order valence-corrected chi connectivity index (χ2v) is 25.6. The maximum Gasteiger partial charge on any atom is 0.306 e. The van der Waals surface area contributed by atoms with Crippen LogP contribution in [0.15, 0.2) is 36.5 Å². The molecule has 6 nitrogen and oxygen atoms in total. The predicted molar refractivity (Wildman–Crippen MR) is 362 cm³/mol. The van der Waals surface area contributed by atoms with Gasteiger partial charge in [0.15, 0.2) is 6.10 Å². The van der Waals surface area contributed by atoms with E-state index < -0.39 is 6.10 Å². The fourth-order valence-corrected chi connectivity index (χ4v) is 11.5. The molecule has 0 rings (SSSR count). The molecule has 0 spiro atoms. The van der Waals surface area contributed by atoms with Crippen LogP contribution >= 0.6 is 0 Å². The molecule has 1 atom stereocenters. The number of allylic oxidation sites excluding steroid dienone is 6. The average molecular weight is 1170 g/mol. The van der Waals surface area contributed by atoms with Crippen LogP contribution < -0.4 is 0 Å². The number of carbonyl (C=O) groups is 3. The van der Waals surface area contributed by atoms with Gasteiger partial charge in [-0.2, -0.15) is 0 Å². The number of carbonyl (C=O) groups excluding carboxylic acids is 3. The van der Waals surface area contributed by atoms with E-state index in [-0.39, 0.29) is 31.1 Å². The Bertz CT molecular complexity index is 1380. The Hall–Kier alpha value is -2.37. The van der Waals surface area contributed by atoms with Crippen LogP contribution in [0.2, 0.25) is 0 Å². The predicted octanol–water partition coefficient (Wildman–Crippen LogP) is 25.9. The largest absolute Gasteiger partial charge is 0.462 e. The molecule has 0 aromatic heterocycles. The number of unbranched alkanes of at least 4 members (excludes halogenated alkanes) is 53. The summed E-state index contributed by atoms with van der Waals surface area (Å²) in [6, 6.07) is 0. The highest BCUT2D eigenvalue weighted by Crippen LogP contribution is 2.19. The molecule has 0 bridgehead atoms. The summed E-state index contributed by atoms with van der Waals surface area (Å²) in [6.45, 7) is 6.65. The van der Waals surface area contributed by atoms with E-state index in [1.54, 1.807) is 0 Å². The van der Waals surface area contributed by atoms with E-state index in [1.165, 1.54) is 295 Å². The monoisotopic (exact) mass is 1170 g/mol. The molecular weight excluding hydrogens is 1020 g/mol. The number of esters is 3. The second-order valence-electron chi connectivity index (χ2n) is 25.6. The van der Waals surface area contributed by atoms with E-state index in [1.807, 2.05) is 0 Å². The van der Waals surface area contributed by atoms with Gasteiger partial charge in [-0.15, -0.1) is 0 Å². The van der Waals surface area contributed by atoms with E-state index >= 15 is 0 Å². The van der Waals surface area contributed by atoms with E-state index in [0.29, 0.717) is 19.3 Å². The van der Waals surface area contributed by atoms with Crippen molar-refractivity contribution in [3.05, 3.63) is 36.5 Å². The lowest BCUT2D eigenvalue weighted by atomic mass is 10.0. The van der Waals surface area contributed by atoms with Gasteiger partial charge in [-0.3, -0.25) is 14.4 Å². The van der Waals surface area contributed by atoms with Crippen molar-refractivity contribution in [2.75, 3.05) is 13.2 Å². The molecule has 0 radical (unpaired) electrons. The average Bonchev–Trinajstić information content (AvgIpc) is 3.49. The quantitative estimate of drug-likeness (QED) is 0.0261. The van der Waals surface area contributed by atoms with Gasteiger partial charge in [0.25, 0.3) is 0 Å². The van der Waals surface area contributed by atoms with E-state index in [0.717, 1.165) is 83.5 Å². The van der Waals surface area contributed by atoms with E-state index in [9.17, 15) is 14.4 Å². The van der Waals surface area contributed by atoms with Crippen molar-refractivity contribution in [3.8, 4) is 0 Å². The summed E-state index contributed by atoms with van der Waals surface area (Å²) in [5, 5.41) is 0. The number of hydrogen-bond acceptors (Lipinski definition) is 6. The molecule has 83 heavy (non-hydrogen) atoms. The highest BCUT2D eigenvalue weighted by molar-refractivity contribution is 5.71. The molecule has 0 saturated heterocycles. The van der Waals surface area contributed by atoms with Crippen molar-refractivity contribution in [2.24, 2.45) is 0 Å². The molecule has 0 aliphatic heterocycles. The molecule has 0 aliphatic rings. The van der Waals surface area contributed by atoms with Gasteiger partial charge in [-0.05, 0) is 70.6 Å². The number of ether oxygens (including phenoxy) is 3. The molecule has 0 amide bonds. The zero-order valence-corrected chi connectivity index (χ0v) is 56.2. The van der Waals surface area contributed by atoms with Gasteiger partial charge in [0.2, 0.25) is 0 Å². The van der Waals surface area contributed by atoms with Crippen molar-refractivity contribution >= 4 is 17.9 Å². The number of rotatable bonds is 70. The van der Waals surface area contributed by atoms with Crippen LogP contribution in [0.1, 0.15) is 419 Å². The Labute approximate surface area is 518 Å². The standard InChI is InChI=1S/C77H144O6/c1-4-7-10-13-16-19-22-25-28-30-31-32-33-34-35-36-37-38-39-40-41-42-43-44-45-46-47-48-50-52-55-58-61-64-67-70-76(79)82-73-74(72-81-75(78)69-66-63-60-57-54-51-27-24-21-18-15-12-9-6-3)83-77(80)71-68-65-62-59-56-53-49-29-26-23-20-17-14-11-8-5-2/h15,18,24,27,29,49,74H,4-14,16-17,19-23,25-26,28,30-48,50-73H2,1-3H3/b18-15-,27-24-,49-29-. The highest BCUT2D eigenvalue weighted by atomic mass is 16.6. The minimum Gasteiger partial charge on any atom is -0.462 e. The molecule has 0 aliphatic carbocycles. The topological polar surface area (TPSA) is 78.9 Å². The van der Waals surface area contributed by atoms with Crippen molar-refractivity contribution in [3.63, 3.8) is 0 Å². The fourth-order valence-electron chi connectivity index (χ4n) is 11.5. The van der Waals surface area contributed by atoms with Gasteiger partial charge in [0.1, 0.15) is 13.2 Å². The van der Waals surface area contributed by atoms with Crippen LogP contribution in [-0.4, -0.2) is 37.2 Å². The second kappa shape index (κ2) is 72.1. The Morgan fingerprint density at radius 1 is 0.241 bits per heavy atom. The Kier molecular flexibility index (Phi) is 70.0. The summed E-state index contributed by atoms with van der Waals surface area (Å²) in [5.41, 5.74) is 0. The third-order valence-corrected chi connectivity index (χ3v) is 17.1. The van der Waals surface area contributed by atoms with Crippen LogP contribution in [0.25, 0.3) is 0 Å². The third-order valence-electron chi connectivity index (χ3n) is 17.1. The molecule has 0 heterocycles. The van der Waals surface area contributed by atoms with Crippen molar-refractivity contribution < 1.29 is 28.6 Å². The number of hydrogen-bond donors (Lipinski definition) is 0. The van der Waals surface area contributed by atoms with Gasteiger partial charge < -0.3 is 14.2 Å². The van der Waals surface area contributed by atoms with Crippen LogP contribution in [0.5, 0.6) is 0 Å². The molecule has 6 heteroatoms. The first-order valence-electron chi connectivity index (χ1n) is 37.5. The van der Waals surface area contributed by atoms with Gasteiger partial charge in [0, 0.05) is 19.3 Å². The molecule has 1 unspecified atom stereocenters. The summed E-state index contributed by atoms with van der Waals surface area (Å²) in [6.07, 6.45) is 90.7. The van der Waals surface area contributed by atoms with Crippen molar-refractivity contribution in [2.45, 2.75) is 425 Å². The van der Waals surface area contributed by atoms with Gasteiger partial charge in [-0.25, -0.2) is 0 Å². The zero-order valence-electron chi connectivity index (χ0n) is 56.2. The molecule has 0 N–H and O–H groups in total. The third kappa shape index (κ3) is 70.3. The Balaban J connectivity index is 4.07. The molecule has 488 valence electrons. The lowest BCUT2D eigenvalue weighted by Gasteiger charge is -2.18. The van der Waals surface area contributed by atoms with E-state index in [2.05, 4.69) is 57.2 Å². The summed E-state index contributed by atoms with van der Waals surface area (Å²) in [5.74, 6) is -0.872. The van der Waals surface area contributed by atoms with Gasteiger partial charge in [-0.1, -0.05) is 365 Å². The highest BCUT2D eigenvalue weighted by Gasteiger charge is 2.20. The molecule has 0 fully saturated rings. The minimum atomic E-state index is -0.781. The lowest BCUT2D eigenvalue weighted by molar-refractivity contribution is -0.167. The van der Waals surface area contributed by atoms with Crippen LogP contribution in [0, 0.1) is 0 Å². The minimum absolute atomic E-state index is 0.0758. The first-order chi connectivity index (χ1) is 41.0. The zero-order chi connectivity index (χ0) is 59.9. The Morgan fingerprint density at radius 3 is 0.711 bits per heavy atom. The molecule has 0 saturated carbocycles. The smallest absolute Gasteiger partial charge is 0.306 e. The van der Waals surface area contributed by atoms with Gasteiger partial charge >= 0.3 is 17.9 Å². The summed E-state index contributed by atoms with van der Waals surface area (Å²) in [4.78, 5) is 38.4. The van der Waals surface area contributed by atoms with Crippen LogP contribution in [0.4, 0.5) is 0 Å². The summed E-state index contributed by atoms with van der Waals surface area (Å²) in [7, 11) is 0. The van der Waals surface area contributed by atoms with Crippen LogP contribution in [0.3, 0.4) is 0 Å². The molecule has 0 aromatic rings. The fraction of sp³-hybridized carbons (Fsp3) is 0.883. The lowest BCUT2D eigenvalue weighted by Crippen LogP contribution is -2.30. The van der Waals surface area contributed by atoms with Crippen molar-refractivity contribution in [1.82, 2.24) is 0 Å². The molecular formula is C77H144O6. The Morgan fingerprint density at radius 2 is 0.446 bits per heavy atom. The summed E-state index contributed by atoms with van der Waals surface area (Å²) < 4.78 is 17.0. The normalized spacial score (nSPS) is 12.2.